The Balaban J connectivity index is 1.60. The second-order valence-electron chi connectivity index (χ2n) is 6.91. The molecule has 0 bridgehead atoms. The van der Waals surface area contributed by atoms with Gasteiger partial charge in [0.05, 0.1) is 22.8 Å². The number of ether oxygens (including phenoxy) is 1. The van der Waals surface area contributed by atoms with Crippen molar-refractivity contribution >= 4 is 33.3 Å². The SMILES string of the molecule is CCN(C(=O)COC(=O)c1ccccc1NC(=O)Cn1cnnn1)C1CCS(=O)(=O)C1. The monoisotopic (exact) mass is 450 g/mol. The van der Waals surface area contributed by atoms with Crippen LogP contribution in [-0.2, 0) is 30.7 Å². The maximum atomic E-state index is 12.5. The lowest BCUT2D eigenvalue weighted by Crippen LogP contribution is -2.43. The molecule has 1 atom stereocenters. The molecule has 1 unspecified atom stereocenters. The summed E-state index contributed by atoms with van der Waals surface area (Å²) in [5.41, 5.74) is 0.291. The zero-order chi connectivity index (χ0) is 22.4. The number of hydrogen-bond donors (Lipinski definition) is 1. The normalized spacial score (nSPS) is 17.1. The Kier molecular flexibility index (Phi) is 6.95. The number of hydrogen-bond acceptors (Lipinski definition) is 9. The Morgan fingerprint density at radius 2 is 2.06 bits per heavy atom. The molecule has 1 saturated heterocycles. The summed E-state index contributed by atoms with van der Waals surface area (Å²) in [5.74, 6) is -1.77. The molecule has 1 aliphatic rings. The van der Waals surface area contributed by atoms with Gasteiger partial charge in [-0.15, -0.1) is 5.10 Å². The summed E-state index contributed by atoms with van der Waals surface area (Å²) in [5, 5.41) is 13.1. The summed E-state index contributed by atoms with van der Waals surface area (Å²) in [6, 6.07) is 5.79. The largest absolute Gasteiger partial charge is 0.452 e. The van der Waals surface area contributed by atoms with Crippen molar-refractivity contribution in [1.82, 2.24) is 25.1 Å². The summed E-state index contributed by atoms with van der Waals surface area (Å²) in [6.07, 6.45) is 1.65. The number of para-hydroxylation sites is 1. The molecule has 1 aromatic heterocycles. The Bertz CT molecular complexity index is 1060. The summed E-state index contributed by atoms with van der Waals surface area (Å²) < 4.78 is 29.7. The Hall–Kier alpha value is -3.35. The molecule has 0 saturated carbocycles. The number of likely N-dealkylation sites (N-methyl/N-ethyl adjacent to an activating group) is 1. The quantitative estimate of drug-likeness (QED) is 0.524. The van der Waals surface area contributed by atoms with Crippen molar-refractivity contribution in [3.63, 3.8) is 0 Å². The van der Waals surface area contributed by atoms with E-state index in [1.54, 1.807) is 19.1 Å². The van der Waals surface area contributed by atoms with Gasteiger partial charge in [0.15, 0.2) is 16.4 Å². The van der Waals surface area contributed by atoms with Crippen molar-refractivity contribution in [2.24, 2.45) is 0 Å². The van der Waals surface area contributed by atoms with E-state index in [-0.39, 0.29) is 29.3 Å². The first-order valence-electron chi connectivity index (χ1n) is 9.55. The number of benzene rings is 1. The number of amides is 2. The summed E-state index contributed by atoms with van der Waals surface area (Å²) in [6.45, 7) is 1.36. The summed E-state index contributed by atoms with van der Waals surface area (Å²) in [7, 11) is -3.15. The van der Waals surface area contributed by atoms with Crippen LogP contribution in [0.3, 0.4) is 0 Å². The van der Waals surface area contributed by atoms with Gasteiger partial charge in [0.25, 0.3) is 5.91 Å². The Morgan fingerprint density at radius 1 is 1.29 bits per heavy atom. The number of rotatable bonds is 8. The van der Waals surface area contributed by atoms with E-state index in [0.29, 0.717) is 13.0 Å². The van der Waals surface area contributed by atoms with Gasteiger partial charge in [-0.25, -0.2) is 17.9 Å². The fourth-order valence-electron chi connectivity index (χ4n) is 3.31. The minimum absolute atomic E-state index is 0.0406. The van der Waals surface area contributed by atoms with Crippen molar-refractivity contribution in [1.29, 1.82) is 0 Å². The minimum Gasteiger partial charge on any atom is -0.452 e. The average molecular weight is 450 g/mol. The molecule has 13 heteroatoms. The lowest BCUT2D eigenvalue weighted by molar-refractivity contribution is -0.136. The number of tetrazole rings is 1. The van der Waals surface area contributed by atoms with Gasteiger partial charge in [-0.3, -0.25) is 9.59 Å². The maximum Gasteiger partial charge on any atom is 0.340 e. The minimum atomic E-state index is -3.15. The van der Waals surface area contributed by atoms with Crippen LogP contribution in [0.15, 0.2) is 30.6 Å². The number of nitrogens with one attached hydrogen (secondary N) is 1. The first-order valence-corrected chi connectivity index (χ1v) is 11.4. The first-order chi connectivity index (χ1) is 14.8. The third-order valence-electron chi connectivity index (χ3n) is 4.76. The molecule has 0 spiro atoms. The van der Waals surface area contributed by atoms with Gasteiger partial charge >= 0.3 is 5.97 Å². The van der Waals surface area contributed by atoms with Gasteiger partial charge in [0.1, 0.15) is 12.9 Å². The number of aromatic nitrogens is 4. The van der Waals surface area contributed by atoms with Crippen LogP contribution in [0.1, 0.15) is 23.7 Å². The lowest BCUT2D eigenvalue weighted by atomic mass is 10.2. The Morgan fingerprint density at radius 3 is 2.71 bits per heavy atom. The molecular formula is C18H22N6O6S. The van der Waals surface area contributed by atoms with Gasteiger partial charge in [-0.2, -0.15) is 0 Å². The standard InChI is InChI=1S/C18H22N6O6S/c1-2-24(13-7-8-31(28,29)11-13)17(26)10-30-18(27)14-5-3-4-6-15(14)20-16(25)9-23-12-19-21-22-23/h3-6,12-13H,2,7-11H2,1H3,(H,20,25). The van der Waals surface area contributed by atoms with Gasteiger partial charge in [0, 0.05) is 12.6 Å². The fraction of sp³-hybridized carbons (Fsp3) is 0.444. The van der Waals surface area contributed by atoms with E-state index in [1.807, 2.05) is 0 Å². The highest BCUT2D eigenvalue weighted by molar-refractivity contribution is 7.91. The van der Waals surface area contributed by atoms with Crippen molar-refractivity contribution < 1.29 is 27.5 Å². The van der Waals surface area contributed by atoms with Crippen molar-refractivity contribution in [3.05, 3.63) is 36.2 Å². The molecule has 1 N–H and O–H groups in total. The molecule has 3 rings (SSSR count). The van der Waals surface area contributed by atoms with Crippen LogP contribution >= 0.6 is 0 Å². The van der Waals surface area contributed by atoms with E-state index in [1.165, 1.54) is 28.0 Å². The highest BCUT2D eigenvalue weighted by Gasteiger charge is 2.34. The number of nitrogens with zero attached hydrogens (tertiary/aromatic N) is 5. The number of sulfone groups is 1. The molecule has 0 aliphatic carbocycles. The number of esters is 1. The molecule has 2 heterocycles. The molecule has 166 valence electrons. The van der Waals surface area contributed by atoms with Crippen molar-refractivity contribution in [2.75, 3.05) is 30.0 Å². The fourth-order valence-corrected chi connectivity index (χ4v) is 5.04. The zero-order valence-electron chi connectivity index (χ0n) is 16.8. The number of carbonyl (C=O) groups is 3. The van der Waals surface area contributed by atoms with E-state index >= 15 is 0 Å². The smallest absolute Gasteiger partial charge is 0.340 e. The number of carbonyl (C=O) groups excluding carboxylic acids is 3. The van der Waals surface area contributed by atoms with Crippen LogP contribution in [0.2, 0.25) is 0 Å². The predicted molar refractivity (Wildman–Crippen MR) is 108 cm³/mol. The summed E-state index contributed by atoms with van der Waals surface area (Å²) >= 11 is 0. The molecule has 0 radical (unpaired) electrons. The third kappa shape index (κ3) is 5.84. The average Bonchev–Trinajstić information content (AvgIpc) is 3.36. The van der Waals surface area contributed by atoms with Crippen molar-refractivity contribution in [3.8, 4) is 0 Å². The molecule has 2 aromatic rings. The highest BCUT2D eigenvalue weighted by atomic mass is 32.2. The second-order valence-corrected chi connectivity index (χ2v) is 9.14. The second kappa shape index (κ2) is 9.64. The molecule has 1 fully saturated rings. The van der Waals surface area contributed by atoms with Gasteiger partial charge < -0.3 is 15.0 Å². The van der Waals surface area contributed by atoms with Crippen LogP contribution in [0, 0.1) is 0 Å². The van der Waals surface area contributed by atoms with Gasteiger partial charge in [-0.1, -0.05) is 12.1 Å². The predicted octanol–water partition coefficient (Wildman–Crippen LogP) is -0.496. The van der Waals surface area contributed by atoms with E-state index < -0.39 is 40.3 Å². The van der Waals surface area contributed by atoms with E-state index in [9.17, 15) is 22.8 Å². The van der Waals surface area contributed by atoms with E-state index in [4.69, 9.17) is 4.74 Å². The van der Waals surface area contributed by atoms with Crippen LogP contribution in [0.4, 0.5) is 5.69 Å². The lowest BCUT2D eigenvalue weighted by Gasteiger charge is -2.26. The molecular weight excluding hydrogens is 428 g/mol. The van der Waals surface area contributed by atoms with E-state index in [2.05, 4.69) is 20.8 Å². The Labute approximate surface area is 178 Å². The zero-order valence-corrected chi connectivity index (χ0v) is 17.6. The van der Waals surface area contributed by atoms with Crippen LogP contribution < -0.4 is 5.32 Å². The van der Waals surface area contributed by atoms with Crippen LogP contribution in [-0.4, -0.2) is 82.0 Å². The molecule has 1 aromatic carbocycles. The highest BCUT2D eigenvalue weighted by Crippen LogP contribution is 2.19. The maximum absolute atomic E-state index is 12.5. The number of anilines is 1. The van der Waals surface area contributed by atoms with E-state index in [0.717, 1.165) is 0 Å². The molecule has 2 amide bonds. The molecule has 1 aliphatic heterocycles. The summed E-state index contributed by atoms with van der Waals surface area (Å²) in [4.78, 5) is 38.6. The van der Waals surface area contributed by atoms with Crippen LogP contribution in [0.5, 0.6) is 0 Å². The first kappa shape index (κ1) is 22.3. The topological polar surface area (TPSA) is 153 Å². The van der Waals surface area contributed by atoms with Crippen molar-refractivity contribution in [2.45, 2.75) is 25.9 Å². The van der Waals surface area contributed by atoms with Crippen LogP contribution in [0.25, 0.3) is 0 Å². The molecule has 12 nitrogen and oxygen atoms in total. The van der Waals surface area contributed by atoms with Gasteiger partial charge in [-0.05, 0) is 35.9 Å². The van der Waals surface area contributed by atoms with Gasteiger partial charge in [0.2, 0.25) is 5.91 Å². The molecule has 31 heavy (non-hydrogen) atoms. The third-order valence-corrected chi connectivity index (χ3v) is 6.51.